The molecule has 2 rings (SSSR count). The van der Waals surface area contributed by atoms with E-state index in [1.807, 2.05) is 0 Å². The highest BCUT2D eigenvalue weighted by atomic mass is 19.1. The minimum absolute atomic E-state index is 0.292. The van der Waals surface area contributed by atoms with Crippen molar-refractivity contribution in [1.29, 1.82) is 0 Å². The van der Waals surface area contributed by atoms with Crippen LogP contribution >= 0.6 is 0 Å². The molecule has 19 heavy (non-hydrogen) atoms. The van der Waals surface area contributed by atoms with Gasteiger partial charge in [0.2, 0.25) is 0 Å². The van der Waals surface area contributed by atoms with Crippen molar-refractivity contribution >= 4 is 0 Å². The SMILES string of the molecule is CC1CCN(CCC(O)c2ccccc2F)CC1O. The zero-order valence-corrected chi connectivity index (χ0v) is 11.3. The van der Waals surface area contributed by atoms with Gasteiger partial charge < -0.3 is 15.1 Å². The van der Waals surface area contributed by atoms with Crippen LogP contribution in [-0.2, 0) is 0 Å². The van der Waals surface area contributed by atoms with Gasteiger partial charge in [-0.25, -0.2) is 4.39 Å². The average Bonchev–Trinajstić information content (AvgIpc) is 2.40. The van der Waals surface area contributed by atoms with E-state index in [1.54, 1.807) is 18.2 Å². The van der Waals surface area contributed by atoms with Gasteiger partial charge in [0.15, 0.2) is 0 Å². The first kappa shape index (κ1) is 14.4. The van der Waals surface area contributed by atoms with Crippen molar-refractivity contribution in [1.82, 2.24) is 4.90 Å². The molecule has 0 bridgehead atoms. The molecule has 3 atom stereocenters. The largest absolute Gasteiger partial charge is 0.392 e. The molecular weight excluding hydrogens is 245 g/mol. The molecule has 0 aromatic heterocycles. The van der Waals surface area contributed by atoms with E-state index < -0.39 is 6.10 Å². The first-order valence-corrected chi connectivity index (χ1v) is 6.91. The smallest absolute Gasteiger partial charge is 0.128 e. The highest BCUT2D eigenvalue weighted by Gasteiger charge is 2.24. The van der Waals surface area contributed by atoms with Gasteiger partial charge in [-0.15, -0.1) is 0 Å². The summed E-state index contributed by atoms with van der Waals surface area (Å²) in [5.41, 5.74) is 0.355. The van der Waals surface area contributed by atoms with Gasteiger partial charge in [-0.2, -0.15) is 0 Å². The molecule has 1 aromatic carbocycles. The Bertz CT molecular complexity index is 413. The maximum atomic E-state index is 13.5. The zero-order valence-electron chi connectivity index (χ0n) is 11.3. The lowest BCUT2D eigenvalue weighted by atomic mass is 9.95. The Morgan fingerprint density at radius 2 is 2.16 bits per heavy atom. The van der Waals surface area contributed by atoms with E-state index >= 15 is 0 Å². The highest BCUT2D eigenvalue weighted by molar-refractivity contribution is 5.19. The molecule has 0 aliphatic carbocycles. The maximum absolute atomic E-state index is 13.5. The summed E-state index contributed by atoms with van der Waals surface area (Å²) >= 11 is 0. The first-order chi connectivity index (χ1) is 9.08. The third-order valence-corrected chi connectivity index (χ3v) is 3.99. The fourth-order valence-electron chi connectivity index (χ4n) is 2.52. The summed E-state index contributed by atoms with van der Waals surface area (Å²) in [5.74, 6) is -0.0185. The Morgan fingerprint density at radius 3 is 2.84 bits per heavy atom. The number of nitrogens with zero attached hydrogens (tertiary/aromatic N) is 1. The molecule has 106 valence electrons. The van der Waals surface area contributed by atoms with Crippen molar-refractivity contribution in [2.45, 2.75) is 32.0 Å². The van der Waals surface area contributed by atoms with Crippen LogP contribution in [0, 0.1) is 11.7 Å². The Morgan fingerprint density at radius 1 is 1.42 bits per heavy atom. The van der Waals surface area contributed by atoms with E-state index in [0.717, 1.165) is 13.0 Å². The molecule has 1 aliphatic rings. The van der Waals surface area contributed by atoms with Gasteiger partial charge in [0.05, 0.1) is 12.2 Å². The van der Waals surface area contributed by atoms with Gasteiger partial charge in [-0.3, -0.25) is 0 Å². The lowest BCUT2D eigenvalue weighted by Gasteiger charge is -2.34. The number of rotatable bonds is 4. The molecule has 2 N–H and O–H groups in total. The van der Waals surface area contributed by atoms with Crippen molar-refractivity contribution in [3.63, 3.8) is 0 Å². The lowest BCUT2D eigenvalue weighted by Crippen LogP contribution is -2.43. The summed E-state index contributed by atoms with van der Waals surface area (Å²) in [4.78, 5) is 2.13. The molecule has 0 saturated carbocycles. The van der Waals surface area contributed by atoms with Gasteiger partial charge in [0.1, 0.15) is 5.82 Å². The summed E-state index contributed by atoms with van der Waals surface area (Å²) in [6.07, 6.45) is 0.385. The predicted octanol–water partition coefficient (Wildman–Crippen LogP) is 1.95. The molecule has 1 heterocycles. The third-order valence-electron chi connectivity index (χ3n) is 3.99. The molecule has 0 radical (unpaired) electrons. The number of likely N-dealkylation sites (tertiary alicyclic amines) is 1. The first-order valence-electron chi connectivity index (χ1n) is 6.91. The Labute approximate surface area is 113 Å². The van der Waals surface area contributed by atoms with Crippen LogP contribution in [-0.4, -0.2) is 40.9 Å². The Hall–Kier alpha value is -0.970. The van der Waals surface area contributed by atoms with Crippen LogP contribution in [0.5, 0.6) is 0 Å². The summed E-state index contributed by atoms with van der Waals surface area (Å²) in [6, 6.07) is 6.33. The van der Waals surface area contributed by atoms with Crippen molar-refractivity contribution < 1.29 is 14.6 Å². The van der Waals surface area contributed by atoms with Crippen LogP contribution in [0.1, 0.15) is 31.4 Å². The summed E-state index contributed by atoms with van der Waals surface area (Å²) < 4.78 is 13.5. The quantitative estimate of drug-likeness (QED) is 0.876. The van der Waals surface area contributed by atoms with Crippen LogP contribution in [0.15, 0.2) is 24.3 Å². The molecule has 3 unspecified atom stereocenters. The number of aliphatic hydroxyl groups excluding tert-OH is 2. The van der Waals surface area contributed by atoms with E-state index in [2.05, 4.69) is 11.8 Å². The van der Waals surface area contributed by atoms with Gasteiger partial charge in [0.25, 0.3) is 0 Å². The second kappa shape index (κ2) is 6.46. The van der Waals surface area contributed by atoms with Crippen LogP contribution < -0.4 is 0 Å². The molecular formula is C15H22FNO2. The van der Waals surface area contributed by atoms with Gasteiger partial charge in [0, 0.05) is 18.7 Å². The number of piperidine rings is 1. The number of aliphatic hydroxyl groups is 2. The fraction of sp³-hybridized carbons (Fsp3) is 0.600. The normalized spacial score (nSPS) is 26.3. The molecule has 0 spiro atoms. The Balaban J connectivity index is 1.84. The fourth-order valence-corrected chi connectivity index (χ4v) is 2.52. The highest BCUT2D eigenvalue weighted by Crippen LogP contribution is 2.22. The number of halogens is 1. The average molecular weight is 267 g/mol. The van der Waals surface area contributed by atoms with E-state index in [1.165, 1.54) is 6.07 Å². The predicted molar refractivity (Wildman–Crippen MR) is 72.2 cm³/mol. The van der Waals surface area contributed by atoms with E-state index in [0.29, 0.717) is 31.0 Å². The zero-order chi connectivity index (χ0) is 13.8. The molecule has 1 fully saturated rings. The lowest BCUT2D eigenvalue weighted by molar-refractivity contribution is 0.0224. The van der Waals surface area contributed by atoms with Crippen molar-refractivity contribution in [3.8, 4) is 0 Å². The minimum Gasteiger partial charge on any atom is -0.392 e. The monoisotopic (exact) mass is 267 g/mol. The minimum atomic E-state index is -0.780. The molecule has 3 nitrogen and oxygen atoms in total. The van der Waals surface area contributed by atoms with Gasteiger partial charge >= 0.3 is 0 Å². The van der Waals surface area contributed by atoms with Gasteiger partial charge in [-0.1, -0.05) is 25.1 Å². The Kier molecular flexibility index (Phi) is 4.91. The van der Waals surface area contributed by atoms with E-state index in [4.69, 9.17) is 0 Å². The second-order valence-corrected chi connectivity index (χ2v) is 5.46. The molecule has 1 aliphatic heterocycles. The molecule has 0 amide bonds. The van der Waals surface area contributed by atoms with Crippen LogP contribution in [0.4, 0.5) is 4.39 Å². The third kappa shape index (κ3) is 3.75. The molecule has 1 saturated heterocycles. The van der Waals surface area contributed by atoms with E-state index in [-0.39, 0.29) is 11.9 Å². The van der Waals surface area contributed by atoms with Crippen LogP contribution in [0.25, 0.3) is 0 Å². The van der Waals surface area contributed by atoms with Crippen LogP contribution in [0.2, 0.25) is 0 Å². The number of hydrogen-bond donors (Lipinski definition) is 2. The second-order valence-electron chi connectivity index (χ2n) is 5.46. The summed E-state index contributed by atoms with van der Waals surface area (Å²) in [7, 11) is 0. The van der Waals surface area contributed by atoms with Gasteiger partial charge in [-0.05, 0) is 31.4 Å². The van der Waals surface area contributed by atoms with Crippen molar-refractivity contribution in [3.05, 3.63) is 35.6 Å². The molecule has 4 heteroatoms. The summed E-state index contributed by atoms with van der Waals surface area (Å²) in [5, 5.41) is 19.8. The maximum Gasteiger partial charge on any atom is 0.128 e. The number of benzene rings is 1. The summed E-state index contributed by atoms with van der Waals surface area (Å²) in [6.45, 7) is 4.31. The number of hydrogen-bond acceptors (Lipinski definition) is 3. The molecule has 1 aromatic rings. The standard InChI is InChI=1S/C15H22FNO2/c1-11-6-8-17(10-15(11)19)9-7-14(18)12-4-2-3-5-13(12)16/h2-5,11,14-15,18-19H,6-10H2,1H3. The van der Waals surface area contributed by atoms with Crippen molar-refractivity contribution in [2.75, 3.05) is 19.6 Å². The van der Waals surface area contributed by atoms with Crippen LogP contribution in [0.3, 0.4) is 0 Å². The van der Waals surface area contributed by atoms with E-state index in [9.17, 15) is 14.6 Å². The number of β-amino-alcohol motifs (C(OH)–C–C–N with tert-alkyl or cyclic N) is 1. The topological polar surface area (TPSA) is 43.7 Å². The van der Waals surface area contributed by atoms with Crippen molar-refractivity contribution in [2.24, 2.45) is 5.92 Å².